The minimum Gasteiger partial charge on any atom is -0.333 e. The van der Waals surface area contributed by atoms with Crippen molar-refractivity contribution in [3.05, 3.63) is 51.9 Å². The van der Waals surface area contributed by atoms with E-state index in [4.69, 9.17) is 0 Å². The predicted molar refractivity (Wildman–Crippen MR) is 113 cm³/mol. The summed E-state index contributed by atoms with van der Waals surface area (Å²) in [7, 11) is 1.50. The maximum Gasteiger partial charge on any atom is 0.232 e. The first-order valence-electron chi connectivity index (χ1n) is 9.13. The molecule has 0 aliphatic rings. The minimum absolute atomic E-state index is 0.0693. The largest absolute Gasteiger partial charge is 0.333 e. The van der Waals surface area contributed by atoms with Crippen LogP contribution in [0.3, 0.4) is 0 Å². The lowest BCUT2D eigenvalue weighted by Crippen LogP contribution is -2.18. The van der Waals surface area contributed by atoms with Crippen molar-refractivity contribution < 1.29 is 4.79 Å². The molecule has 1 atom stereocenters. The van der Waals surface area contributed by atoms with Gasteiger partial charge in [0.05, 0.1) is 10.9 Å². The number of aryl methyl sites for hydroxylation is 1. The fourth-order valence-corrected chi connectivity index (χ4v) is 3.82. The molecular weight excluding hydrogens is 328 g/mol. The van der Waals surface area contributed by atoms with E-state index in [0.29, 0.717) is 0 Å². The van der Waals surface area contributed by atoms with Crippen molar-refractivity contribution in [1.82, 2.24) is 0 Å². The topological polar surface area (TPSA) is 55.1 Å². The summed E-state index contributed by atoms with van der Waals surface area (Å²) in [4.78, 5) is 13.9. The van der Waals surface area contributed by atoms with Crippen molar-refractivity contribution in [1.29, 1.82) is 0 Å². The molecule has 1 aromatic heterocycles. The van der Waals surface area contributed by atoms with Crippen LogP contribution in [0, 0.1) is 6.92 Å². The van der Waals surface area contributed by atoms with Crippen molar-refractivity contribution in [2.45, 2.75) is 60.3 Å². The van der Waals surface area contributed by atoms with Gasteiger partial charge in [-0.2, -0.15) is 0 Å². The van der Waals surface area contributed by atoms with Crippen LogP contribution >= 0.6 is 11.3 Å². The Labute approximate surface area is 157 Å². The molecule has 0 saturated heterocycles. The van der Waals surface area contributed by atoms with Crippen LogP contribution in [0.5, 0.6) is 0 Å². The summed E-state index contributed by atoms with van der Waals surface area (Å²) in [6.07, 6.45) is 1.98. The van der Waals surface area contributed by atoms with Crippen LogP contribution in [0.1, 0.15) is 62.1 Å². The van der Waals surface area contributed by atoms with E-state index in [9.17, 15) is 4.79 Å². The molecule has 2 aromatic rings. The molecule has 25 heavy (non-hydrogen) atoms. The van der Waals surface area contributed by atoms with Crippen molar-refractivity contribution >= 4 is 22.2 Å². The maximum absolute atomic E-state index is 12.5. The fourth-order valence-electron chi connectivity index (χ4n) is 2.58. The normalized spacial score (nSPS) is 10.7. The Bertz CT molecular complexity index is 620. The van der Waals surface area contributed by atoms with Crippen LogP contribution in [0.25, 0.3) is 0 Å². The van der Waals surface area contributed by atoms with Crippen LogP contribution < -0.4 is 11.1 Å². The number of hydrogen-bond acceptors (Lipinski definition) is 3. The van der Waals surface area contributed by atoms with Crippen molar-refractivity contribution in [3.8, 4) is 0 Å². The lowest BCUT2D eigenvalue weighted by atomic mass is 10.0. The van der Waals surface area contributed by atoms with E-state index in [1.54, 1.807) is 11.3 Å². The second kappa shape index (κ2) is 12.7. The summed E-state index contributed by atoms with van der Waals surface area (Å²) >= 11 is 1.72. The molecule has 0 bridgehead atoms. The zero-order valence-corrected chi connectivity index (χ0v) is 17.6. The number of carbonyl (C=O) groups is 1. The average molecular weight is 363 g/mol. The highest BCUT2D eigenvalue weighted by Crippen LogP contribution is 2.34. The summed E-state index contributed by atoms with van der Waals surface area (Å²) in [5.41, 5.74) is 8.18. The smallest absolute Gasteiger partial charge is 0.232 e. The number of benzene rings is 1. The highest BCUT2D eigenvalue weighted by atomic mass is 32.1. The third-order valence-electron chi connectivity index (χ3n) is 3.97. The van der Waals surface area contributed by atoms with E-state index in [-0.39, 0.29) is 11.8 Å². The van der Waals surface area contributed by atoms with Gasteiger partial charge in [-0.05, 0) is 50.4 Å². The van der Waals surface area contributed by atoms with E-state index < -0.39 is 0 Å². The highest BCUT2D eigenvalue weighted by molar-refractivity contribution is 7.16. The molecule has 3 N–H and O–H groups in total. The Hall–Kier alpha value is -1.65. The molecule has 0 fully saturated rings. The van der Waals surface area contributed by atoms with Gasteiger partial charge in [-0.1, -0.05) is 58.0 Å². The average Bonchev–Trinajstić information content (AvgIpc) is 2.99. The number of nitrogens with one attached hydrogen (secondary N) is 1. The molecule has 2 rings (SSSR count). The first-order valence-corrected chi connectivity index (χ1v) is 9.94. The maximum atomic E-state index is 12.5. The van der Waals surface area contributed by atoms with Gasteiger partial charge in [-0.25, -0.2) is 0 Å². The minimum atomic E-state index is -0.136. The number of amides is 1. The molecule has 140 valence electrons. The first-order chi connectivity index (χ1) is 12.1. The third kappa shape index (κ3) is 6.29. The molecule has 0 spiro atoms. The molecule has 0 saturated carbocycles. The summed E-state index contributed by atoms with van der Waals surface area (Å²) in [6.45, 7) is 12.4. The Morgan fingerprint density at radius 3 is 2.16 bits per heavy atom. The van der Waals surface area contributed by atoms with E-state index >= 15 is 0 Å². The molecule has 1 aromatic carbocycles. The molecule has 0 radical (unpaired) electrons. The SMILES string of the molecule is CC.CCc1sc(NC(=O)C(C)c2ccccc2)c(CC)c1C.CN. The molecule has 4 heteroatoms. The molecular formula is C21H34N2OS. The van der Waals surface area contributed by atoms with E-state index in [2.05, 4.69) is 31.8 Å². The number of carbonyl (C=O) groups excluding carboxylic acids is 1. The molecule has 0 aliphatic heterocycles. The van der Waals surface area contributed by atoms with Crippen molar-refractivity contribution in [2.75, 3.05) is 12.4 Å². The number of anilines is 1. The van der Waals surface area contributed by atoms with Crippen LogP contribution in [0.2, 0.25) is 0 Å². The standard InChI is InChI=1S/C18H23NOS.C2H6.CH5N/c1-5-15-13(4)16(6-2)21-18(15)19-17(20)12(3)14-10-8-7-9-11-14;2*1-2/h7-12H,5-6H2,1-4H3,(H,19,20);1-2H3;2H2,1H3. The van der Waals surface area contributed by atoms with Crippen molar-refractivity contribution in [3.63, 3.8) is 0 Å². The predicted octanol–water partition coefficient (Wildman–Crippen LogP) is 5.52. The van der Waals surface area contributed by atoms with Crippen LogP contribution in [-0.2, 0) is 17.6 Å². The molecule has 3 nitrogen and oxygen atoms in total. The van der Waals surface area contributed by atoms with Gasteiger partial charge in [0.2, 0.25) is 5.91 Å². The van der Waals surface area contributed by atoms with E-state index in [1.807, 2.05) is 51.1 Å². The number of rotatable bonds is 5. The summed E-state index contributed by atoms with van der Waals surface area (Å²) in [6, 6.07) is 9.92. The Morgan fingerprint density at radius 2 is 1.68 bits per heavy atom. The lowest BCUT2D eigenvalue weighted by Gasteiger charge is -2.12. The fraction of sp³-hybridized carbons (Fsp3) is 0.476. The van der Waals surface area contributed by atoms with Gasteiger partial charge in [-0.15, -0.1) is 11.3 Å². The second-order valence-electron chi connectivity index (χ2n) is 5.29. The summed E-state index contributed by atoms with van der Waals surface area (Å²) in [5, 5.41) is 4.16. The monoisotopic (exact) mass is 362 g/mol. The van der Waals surface area contributed by atoms with Crippen LogP contribution in [-0.4, -0.2) is 13.0 Å². The first kappa shape index (κ1) is 23.4. The number of nitrogens with two attached hydrogens (primary N) is 1. The number of hydrogen-bond donors (Lipinski definition) is 2. The molecule has 1 heterocycles. The zero-order valence-electron chi connectivity index (χ0n) is 16.8. The van der Waals surface area contributed by atoms with E-state index in [0.717, 1.165) is 23.4 Å². The van der Waals surface area contributed by atoms with Crippen LogP contribution in [0.15, 0.2) is 30.3 Å². The molecule has 0 aliphatic carbocycles. The Morgan fingerprint density at radius 1 is 1.12 bits per heavy atom. The van der Waals surface area contributed by atoms with Gasteiger partial charge in [0.15, 0.2) is 0 Å². The third-order valence-corrected chi connectivity index (χ3v) is 5.37. The van der Waals surface area contributed by atoms with Crippen molar-refractivity contribution in [2.24, 2.45) is 5.73 Å². The summed E-state index contributed by atoms with van der Waals surface area (Å²) in [5.74, 6) is -0.0665. The van der Waals surface area contributed by atoms with Gasteiger partial charge in [0.25, 0.3) is 0 Å². The second-order valence-corrected chi connectivity index (χ2v) is 6.39. The molecule has 1 unspecified atom stereocenters. The lowest BCUT2D eigenvalue weighted by molar-refractivity contribution is -0.117. The highest BCUT2D eigenvalue weighted by Gasteiger charge is 2.19. The van der Waals surface area contributed by atoms with Gasteiger partial charge in [-0.3, -0.25) is 4.79 Å². The van der Waals surface area contributed by atoms with Crippen LogP contribution in [0.4, 0.5) is 5.00 Å². The Balaban J connectivity index is 0.00000134. The summed E-state index contributed by atoms with van der Waals surface area (Å²) < 4.78 is 0. The van der Waals surface area contributed by atoms with Gasteiger partial charge in [0.1, 0.15) is 0 Å². The number of thiophene rings is 1. The van der Waals surface area contributed by atoms with E-state index in [1.165, 1.54) is 23.1 Å². The van der Waals surface area contributed by atoms with Gasteiger partial charge < -0.3 is 11.1 Å². The van der Waals surface area contributed by atoms with Gasteiger partial charge >= 0.3 is 0 Å². The Kier molecular flexibility index (Phi) is 11.8. The quantitative estimate of drug-likeness (QED) is 0.735. The zero-order chi connectivity index (χ0) is 19.4. The van der Waals surface area contributed by atoms with Gasteiger partial charge in [0, 0.05) is 4.88 Å². The molecule has 1 amide bonds.